The van der Waals surface area contributed by atoms with E-state index in [4.69, 9.17) is 9.47 Å². The summed E-state index contributed by atoms with van der Waals surface area (Å²) < 4.78 is 11.6. The van der Waals surface area contributed by atoms with Gasteiger partial charge < -0.3 is 25.0 Å². The summed E-state index contributed by atoms with van der Waals surface area (Å²) in [6.07, 6.45) is 5.20. The molecule has 2 amide bonds. The highest BCUT2D eigenvalue weighted by Crippen LogP contribution is 2.23. The fourth-order valence-electron chi connectivity index (χ4n) is 4.22. The molecule has 2 N–H and O–H groups in total. The predicted octanol–water partition coefficient (Wildman–Crippen LogP) is 4.14. The highest BCUT2D eigenvalue weighted by molar-refractivity contribution is 5.88. The first-order valence-electron chi connectivity index (χ1n) is 12.8. The van der Waals surface area contributed by atoms with Crippen molar-refractivity contribution in [3.63, 3.8) is 0 Å². The number of amides is 2. The van der Waals surface area contributed by atoms with Crippen molar-refractivity contribution in [1.29, 1.82) is 0 Å². The first kappa shape index (κ1) is 27.3. The van der Waals surface area contributed by atoms with Gasteiger partial charge in [-0.2, -0.15) is 0 Å². The molecule has 0 bridgehead atoms. The van der Waals surface area contributed by atoms with Crippen molar-refractivity contribution in [3.8, 4) is 11.5 Å². The zero-order valence-corrected chi connectivity index (χ0v) is 21.6. The summed E-state index contributed by atoms with van der Waals surface area (Å²) in [4.78, 5) is 27.9. The van der Waals surface area contributed by atoms with Gasteiger partial charge in [0.1, 0.15) is 17.5 Å². The summed E-state index contributed by atoms with van der Waals surface area (Å²) in [5.74, 6) is 1.15. The van der Waals surface area contributed by atoms with Crippen molar-refractivity contribution in [2.24, 2.45) is 0 Å². The molecule has 1 aliphatic heterocycles. The Balaban J connectivity index is 1.70. The van der Waals surface area contributed by atoms with E-state index in [1.807, 2.05) is 55.5 Å². The van der Waals surface area contributed by atoms with Crippen molar-refractivity contribution in [2.75, 3.05) is 26.3 Å². The number of aryl methyl sites for hydroxylation is 1. The van der Waals surface area contributed by atoms with E-state index in [9.17, 15) is 9.59 Å². The van der Waals surface area contributed by atoms with Gasteiger partial charge in [-0.1, -0.05) is 37.3 Å². The molecular weight excluding hydrogens is 454 g/mol. The minimum absolute atomic E-state index is 0.100. The molecule has 0 aromatic heterocycles. The number of hydrogen-bond acceptors (Lipinski definition) is 5. The number of nitrogens with one attached hydrogen (secondary N) is 2. The lowest BCUT2D eigenvalue weighted by atomic mass is 10.1. The fourth-order valence-corrected chi connectivity index (χ4v) is 4.22. The SMILES string of the molecule is C=CCNCc1ccc(OCC(=O)N(Cc2ccc(OCCC)c(C)c2)[C@H]2CCCCNC2=O)cc1. The Bertz CT molecular complexity index is 1010. The molecule has 0 unspecified atom stereocenters. The summed E-state index contributed by atoms with van der Waals surface area (Å²) in [6, 6.07) is 13.1. The van der Waals surface area contributed by atoms with Gasteiger partial charge in [0.05, 0.1) is 6.61 Å². The van der Waals surface area contributed by atoms with E-state index in [1.165, 1.54) is 0 Å². The summed E-state index contributed by atoms with van der Waals surface area (Å²) in [7, 11) is 0. The molecule has 1 fully saturated rings. The summed E-state index contributed by atoms with van der Waals surface area (Å²) in [5, 5.41) is 6.21. The fraction of sp³-hybridized carbons (Fsp3) is 0.448. The van der Waals surface area contributed by atoms with Gasteiger partial charge in [0, 0.05) is 26.2 Å². The second kappa shape index (κ2) is 14.3. The van der Waals surface area contributed by atoms with E-state index >= 15 is 0 Å². The van der Waals surface area contributed by atoms with Crippen LogP contribution in [-0.2, 0) is 22.7 Å². The third-order valence-electron chi connectivity index (χ3n) is 6.16. The minimum Gasteiger partial charge on any atom is -0.493 e. The van der Waals surface area contributed by atoms with Gasteiger partial charge in [-0.25, -0.2) is 0 Å². The number of ether oxygens (including phenoxy) is 2. The molecule has 1 saturated heterocycles. The molecule has 1 aliphatic rings. The zero-order valence-electron chi connectivity index (χ0n) is 21.6. The smallest absolute Gasteiger partial charge is 0.261 e. The van der Waals surface area contributed by atoms with E-state index in [-0.39, 0.29) is 18.4 Å². The normalized spacial score (nSPS) is 15.5. The average Bonchev–Trinajstić information content (AvgIpc) is 3.10. The maximum absolute atomic E-state index is 13.4. The highest BCUT2D eigenvalue weighted by atomic mass is 16.5. The molecule has 1 atom stereocenters. The minimum atomic E-state index is -0.516. The zero-order chi connectivity index (χ0) is 25.8. The molecule has 1 heterocycles. The molecule has 7 nitrogen and oxygen atoms in total. The Hall–Kier alpha value is -3.32. The van der Waals surface area contributed by atoms with Crippen LogP contribution in [0.2, 0.25) is 0 Å². The topological polar surface area (TPSA) is 79.9 Å². The highest BCUT2D eigenvalue weighted by Gasteiger charge is 2.31. The van der Waals surface area contributed by atoms with Crippen molar-refractivity contribution < 1.29 is 19.1 Å². The third-order valence-corrected chi connectivity index (χ3v) is 6.16. The quantitative estimate of drug-likeness (QED) is 0.324. The number of nitrogens with zero attached hydrogens (tertiary/aromatic N) is 1. The maximum atomic E-state index is 13.4. The summed E-state index contributed by atoms with van der Waals surface area (Å²) >= 11 is 0. The molecule has 3 rings (SSSR count). The van der Waals surface area contributed by atoms with Gasteiger partial charge in [0.15, 0.2) is 6.61 Å². The van der Waals surface area contributed by atoms with E-state index in [1.54, 1.807) is 4.90 Å². The van der Waals surface area contributed by atoms with Crippen LogP contribution in [0.15, 0.2) is 55.1 Å². The lowest BCUT2D eigenvalue weighted by Crippen LogP contribution is -2.49. The van der Waals surface area contributed by atoms with Gasteiger partial charge >= 0.3 is 0 Å². The largest absolute Gasteiger partial charge is 0.493 e. The lowest BCUT2D eigenvalue weighted by molar-refractivity contribution is -0.142. The molecule has 36 heavy (non-hydrogen) atoms. The standard InChI is InChI=1S/C29H39N3O4/c1-4-15-30-19-23-9-12-25(13-10-23)36-21-28(33)32(26-8-6-7-16-31-29(26)34)20-24-11-14-27(22(3)18-24)35-17-5-2/h4,9-14,18,26,30H,1,5-8,15-17,19-21H2,2-3H3,(H,31,34)/t26-/m0/s1. The van der Waals surface area contributed by atoms with Gasteiger partial charge in [0.2, 0.25) is 5.91 Å². The van der Waals surface area contributed by atoms with Gasteiger partial charge in [0.25, 0.3) is 5.91 Å². The molecule has 0 saturated carbocycles. The molecule has 2 aromatic rings. The molecule has 0 aliphatic carbocycles. The van der Waals surface area contributed by atoms with Crippen molar-refractivity contribution >= 4 is 11.8 Å². The molecular formula is C29H39N3O4. The van der Waals surface area contributed by atoms with E-state index in [2.05, 4.69) is 24.1 Å². The van der Waals surface area contributed by atoms with Crippen LogP contribution < -0.4 is 20.1 Å². The molecule has 0 radical (unpaired) electrons. The van der Waals surface area contributed by atoms with Crippen molar-refractivity contribution in [1.82, 2.24) is 15.5 Å². The maximum Gasteiger partial charge on any atom is 0.261 e. The lowest BCUT2D eigenvalue weighted by Gasteiger charge is -2.30. The first-order chi connectivity index (χ1) is 17.5. The Morgan fingerprint density at radius 1 is 1.17 bits per heavy atom. The number of hydrogen-bond donors (Lipinski definition) is 2. The Kier molecular flexibility index (Phi) is 10.8. The molecule has 0 spiro atoms. The van der Waals surface area contributed by atoms with E-state index < -0.39 is 6.04 Å². The average molecular weight is 494 g/mol. The van der Waals surface area contributed by atoms with Crippen LogP contribution in [0, 0.1) is 6.92 Å². The molecule has 2 aromatic carbocycles. The second-order valence-electron chi connectivity index (χ2n) is 9.12. The van der Waals surface area contributed by atoms with E-state index in [0.29, 0.717) is 31.9 Å². The number of rotatable bonds is 13. The second-order valence-corrected chi connectivity index (χ2v) is 9.12. The molecule has 194 valence electrons. The summed E-state index contributed by atoms with van der Waals surface area (Å²) in [5.41, 5.74) is 3.09. The van der Waals surface area contributed by atoms with Crippen LogP contribution >= 0.6 is 0 Å². The number of carbonyl (C=O) groups is 2. The van der Waals surface area contributed by atoms with Gasteiger partial charge in [-0.15, -0.1) is 6.58 Å². The van der Waals surface area contributed by atoms with Crippen LogP contribution in [0.25, 0.3) is 0 Å². The number of carbonyl (C=O) groups excluding carboxylic acids is 2. The van der Waals surface area contributed by atoms with Crippen LogP contribution in [-0.4, -0.2) is 49.1 Å². The van der Waals surface area contributed by atoms with Crippen LogP contribution in [0.4, 0.5) is 0 Å². The van der Waals surface area contributed by atoms with Crippen LogP contribution in [0.3, 0.4) is 0 Å². The van der Waals surface area contributed by atoms with Crippen molar-refractivity contribution in [3.05, 3.63) is 71.8 Å². The monoisotopic (exact) mass is 493 g/mol. The van der Waals surface area contributed by atoms with Crippen molar-refractivity contribution in [2.45, 2.75) is 58.7 Å². The van der Waals surface area contributed by atoms with Crippen LogP contribution in [0.1, 0.15) is 49.3 Å². The van der Waals surface area contributed by atoms with Gasteiger partial charge in [-0.3, -0.25) is 9.59 Å². The van der Waals surface area contributed by atoms with Crippen LogP contribution in [0.5, 0.6) is 11.5 Å². The number of benzene rings is 2. The van der Waals surface area contributed by atoms with Gasteiger partial charge in [-0.05, 0) is 67.5 Å². The third kappa shape index (κ3) is 8.12. The Morgan fingerprint density at radius 3 is 2.67 bits per heavy atom. The first-order valence-corrected chi connectivity index (χ1v) is 12.8. The molecule has 7 heteroatoms. The predicted molar refractivity (Wildman–Crippen MR) is 142 cm³/mol. The Labute approximate surface area is 214 Å². The van der Waals surface area contributed by atoms with E-state index in [0.717, 1.165) is 54.8 Å². The summed E-state index contributed by atoms with van der Waals surface area (Å²) in [6.45, 7) is 10.8. The Morgan fingerprint density at radius 2 is 1.94 bits per heavy atom.